The first-order valence-electron chi connectivity index (χ1n) is 17.3. The van der Waals surface area contributed by atoms with Gasteiger partial charge in [0.05, 0.1) is 30.7 Å². The van der Waals surface area contributed by atoms with Gasteiger partial charge < -0.3 is 20.5 Å². The van der Waals surface area contributed by atoms with Crippen molar-refractivity contribution in [3.63, 3.8) is 0 Å². The second-order valence-electron chi connectivity index (χ2n) is 12.5. The Balaban J connectivity index is 1.45. The molecule has 0 atom stereocenters. The number of hydrogen-bond donors (Lipinski definition) is 3. The van der Waals surface area contributed by atoms with E-state index in [-0.39, 0.29) is 49.1 Å². The molecule has 16 nitrogen and oxygen atoms in total. The molecule has 6 aromatic rings. The maximum absolute atomic E-state index is 15.1. The second kappa shape index (κ2) is 17.3. The summed E-state index contributed by atoms with van der Waals surface area (Å²) >= 11 is 0. The van der Waals surface area contributed by atoms with Crippen LogP contribution in [0.3, 0.4) is 0 Å². The highest BCUT2D eigenvalue weighted by molar-refractivity contribution is 5.94. The normalized spacial score (nSPS) is 11.1. The summed E-state index contributed by atoms with van der Waals surface area (Å²) in [7, 11) is 1.87. The number of nitrogens with one attached hydrogen (secondary N) is 3. The molecule has 0 radical (unpaired) electrons. The molecule has 0 saturated heterocycles. The van der Waals surface area contributed by atoms with Crippen LogP contribution in [0, 0.1) is 11.6 Å². The Hall–Kier alpha value is -6.91. The lowest BCUT2D eigenvalue weighted by Crippen LogP contribution is -2.34. The number of hydrogen-bond acceptors (Lipinski definition) is 8. The van der Waals surface area contributed by atoms with Gasteiger partial charge in [0.25, 0.3) is 11.5 Å². The van der Waals surface area contributed by atoms with E-state index in [4.69, 9.17) is 10.5 Å². The van der Waals surface area contributed by atoms with Gasteiger partial charge in [-0.25, -0.2) is 23.0 Å². The zero-order valence-electron chi connectivity index (χ0n) is 30.0. The average Bonchev–Trinajstić information content (AvgIpc) is 3.79. The number of rotatable bonds is 15. The van der Waals surface area contributed by atoms with E-state index >= 15 is 8.78 Å². The van der Waals surface area contributed by atoms with E-state index in [0.717, 1.165) is 17.7 Å². The lowest BCUT2D eigenvalue weighted by molar-refractivity contribution is 0.0947. The Morgan fingerprint density at radius 3 is 2.42 bits per heavy atom. The maximum atomic E-state index is 15.1. The number of nitrogens with zero attached hydrogens (tertiary/aromatic N) is 10. The summed E-state index contributed by atoms with van der Waals surface area (Å²) in [4.78, 5) is 50.0. The SMILES string of the molecule is CCNC(=O)Nc1ccc(-c2nc3n(Cc4c(F)cccc4F)cc(C(=O)NCc4cn(CCN=[N+]=[N-])nn4)c(=O)n3c2CN(C)Cc2ccccc2)cc1. The molecule has 0 saturated carbocycles. The molecule has 0 aliphatic rings. The van der Waals surface area contributed by atoms with Crippen LogP contribution in [0.5, 0.6) is 0 Å². The van der Waals surface area contributed by atoms with Crippen LogP contribution in [0.15, 0.2) is 95.1 Å². The van der Waals surface area contributed by atoms with Crippen LogP contribution in [-0.2, 0) is 32.7 Å². The number of fused-ring (bicyclic) bond motifs is 1. The molecule has 3 aromatic carbocycles. The van der Waals surface area contributed by atoms with Gasteiger partial charge in [-0.15, -0.1) is 5.10 Å². The molecular formula is C37H37F2N13O3. The third-order valence-electron chi connectivity index (χ3n) is 8.54. The number of benzene rings is 3. The van der Waals surface area contributed by atoms with E-state index in [1.54, 1.807) is 37.4 Å². The molecule has 3 aromatic heterocycles. The zero-order chi connectivity index (χ0) is 38.9. The lowest BCUT2D eigenvalue weighted by Gasteiger charge is -2.18. The fourth-order valence-electron chi connectivity index (χ4n) is 5.98. The van der Waals surface area contributed by atoms with Gasteiger partial charge >= 0.3 is 6.03 Å². The van der Waals surface area contributed by atoms with Crippen LogP contribution >= 0.6 is 0 Å². The molecular weight excluding hydrogens is 712 g/mol. The van der Waals surface area contributed by atoms with Crippen molar-refractivity contribution >= 4 is 23.4 Å². The van der Waals surface area contributed by atoms with Crippen LogP contribution in [0.1, 0.15) is 39.8 Å². The minimum atomic E-state index is -0.809. The van der Waals surface area contributed by atoms with Crippen molar-refractivity contribution < 1.29 is 18.4 Å². The summed E-state index contributed by atoms with van der Waals surface area (Å²) in [6, 6.07) is 19.7. The molecule has 3 heterocycles. The van der Waals surface area contributed by atoms with Crippen molar-refractivity contribution in [1.82, 2.24) is 44.5 Å². The number of amides is 3. The smallest absolute Gasteiger partial charge is 0.319 e. The predicted molar refractivity (Wildman–Crippen MR) is 200 cm³/mol. The summed E-state index contributed by atoms with van der Waals surface area (Å²) in [5.41, 5.74) is 10.5. The minimum absolute atomic E-state index is 0.0508. The number of azide groups is 1. The van der Waals surface area contributed by atoms with Gasteiger partial charge in [-0.2, -0.15) is 0 Å². The van der Waals surface area contributed by atoms with Crippen molar-refractivity contribution in [3.8, 4) is 11.3 Å². The first-order valence-corrected chi connectivity index (χ1v) is 17.3. The van der Waals surface area contributed by atoms with Crippen molar-refractivity contribution in [2.24, 2.45) is 5.11 Å². The quantitative estimate of drug-likeness (QED) is 0.0739. The summed E-state index contributed by atoms with van der Waals surface area (Å²) in [6.45, 7) is 2.86. The number of urea groups is 1. The standard InChI is InChI=1S/C37H37F2N13O3/c1-3-41-36(55)44-26-14-12-25(13-15-26)33-32(23-49(2)19-24-8-5-4-6-9-24)52-35(54)29(34(53)42-18-27-20-51(48-46-27)17-16-43-47-40)22-50(37(52)45-33)21-28-30(38)10-7-11-31(28)39/h4-15,20,22H,3,16-19,21,23H2,1-2H3,(H,42,53)(H2,41,44,55). The summed E-state index contributed by atoms with van der Waals surface area (Å²) < 4.78 is 34.3. The first kappa shape index (κ1) is 37.8. The Kier molecular flexibility index (Phi) is 11.9. The van der Waals surface area contributed by atoms with Crippen LogP contribution in [0.25, 0.3) is 27.5 Å². The highest BCUT2D eigenvalue weighted by Crippen LogP contribution is 2.28. The molecule has 0 aliphatic carbocycles. The van der Waals surface area contributed by atoms with Gasteiger partial charge in [-0.05, 0) is 49.3 Å². The molecule has 0 bridgehead atoms. The molecule has 0 spiro atoms. The van der Waals surface area contributed by atoms with Crippen LogP contribution in [-0.4, -0.2) is 65.9 Å². The van der Waals surface area contributed by atoms with Gasteiger partial charge in [0.1, 0.15) is 22.9 Å². The Morgan fingerprint density at radius 2 is 1.71 bits per heavy atom. The number of carbonyl (C=O) groups excluding carboxylic acids is 2. The van der Waals surface area contributed by atoms with Crippen LogP contribution in [0.4, 0.5) is 19.3 Å². The van der Waals surface area contributed by atoms with Crippen LogP contribution in [0.2, 0.25) is 0 Å². The van der Waals surface area contributed by atoms with E-state index in [0.29, 0.717) is 41.4 Å². The van der Waals surface area contributed by atoms with E-state index in [9.17, 15) is 14.4 Å². The van der Waals surface area contributed by atoms with Gasteiger partial charge in [0, 0.05) is 60.6 Å². The topological polar surface area (TPSA) is 192 Å². The second-order valence-corrected chi connectivity index (χ2v) is 12.5. The molecule has 0 aliphatic heterocycles. The molecule has 18 heteroatoms. The van der Waals surface area contributed by atoms with Gasteiger partial charge in [-0.3, -0.25) is 19.2 Å². The summed E-state index contributed by atoms with van der Waals surface area (Å²) in [5.74, 6) is -2.33. The third kappa shape index (κ3) is 9.01. The van der Waals surface area contributed by atoms with Gasteiger partial charge in [-0.1, -0.05) is 58.9 Å². The molecule has 6 rings (SSSR count). The number of anilines is 1. The summed E-state index contributed by atoms with van der Waals surface area (Å²) in [6.07, 6.45) is 2.80. The molecule has 0 unspecified atom stereocenters. The van der Waals surface area contributed by atoms with E-state index in [1.165, 1.54) is 25.9 Å². The molecule has 3 amide bonds. The van der Waals surface area contributed by atoms with Crippen LogP contribution < -0.4 is 21.5 Å². The Morgan fingerprint density at radius 1 is 0.964 bits per heavy atom. The number of carbonyl (C=O) groups is 2. The third-order valence-corrected chi connectivity index (χ3v) is 8.54. The highest BCUT2D eigenvalue weighted by Gasteiger charge is 2.25. The fourth-order valence-corrected chi connectivity index (χ4v) is 5.98. The number of imidazole rings is 1. The Bertz CT molecular complexity index is 2400. The largest absolute Gasteiger partial charge is 0.346 e. The lowest BCUT2D eigenvalue weighted by atomic mass is 10.1. The highest BCUT2D eigenvalue weighted by atomic mass is 19.1. The number of halogens is 2. The molecule has 3 N–H and O–H groups in total. The van der Waals surface area contributed by atoms with Crippen molar-refractivity contribution in [1.29, 1.82) is 0 Å². The van der Waals surface area contributed by atoms with Gasteiger partial charge in [0.2, 0.25) is 5.78 Å². The Labute approximate surface area is 313 Å². The predicted octanol–water partition coefficient (Wildman–Crippen LogP) is 5.09. The molecule has 55 heavy (non-hydrogen) atoms. The number of aromatic nitrogens is 6. The van der Waals surface area contributed by atoms with E-state index in [1.807, 2.05) is 42.3 Å². The minimum Gasteiger partial charge on any atom is -0.346 e. The maximum Gasteiger partial charge on any atom is 0.319 e. The van der Waals surface area contributed by atoms with Crippen molar-refractivity contribution in [2.45, 2.75) is 39.6 Å². The molecule has 282 valence electrons. The average molecular weight is 750 g/mol. The van der Waals surface area contributed by atoms with E-state index < -0.39 is 29.6 Å². The zero-order valence-corrected chi connectivity index (χ0v) is 30.0. The molecule has 0 fully saturated rings. The summed E-state index contributed by atoms with van der Waals surface area (Å²) in [5, 5.41) is 19.6. The monoisotopic (exact) mass is 749 g/mol. The van der Waals surface area contributed by atoms with E-state index in [2.05, 4.69) is 36.3 Å². The fraction of sp³-hybridized carbons (Fsp3) is 0.243. The van der Waals surface area contributed by atoms with Crippen molar-refractivity contribution in [3.05, 3.63) is 146 Å². The first-order chi connectivity index (χ1) is 26.6. The van der Waals surface area contributed by atoms with Crippen molar-refractivity contribution in [2.75, 3.05) is 25.5 Å². The van der Waals surface area contributed by atoms with Gasteiger partial charge in [0.15, 0.2) is 0 Å².